The molecule has 17 heavy (non-hydrogen) atoms. The molecule has 90 valence electrons. The highest BCUT2D eigenvalue weighted by Crippen LogP contribution is 2.36. The molecule has 0 radical (unpaired) electrons. The molecule has 0 aliphatic carbocycles. The number of carbonyl (C=O) groups is 1. The van der Waals surface area contributed by atoms with Crippen molar-refractivity contribution in [1.82, 2.24) is 0 Å². The van der Waals surface area contributed by atoms with E-state index in [1.54, 1.807) is 13.0 Å². The number of hydrogen-bond acceptors (Lipinski definition) is 5. The van der Waals surface area contributed by atoms with Crippen LogP contribution in [-0.2, 0) is 0 Å². The van der Waals surface area contributed by atoms with Gasteiger partial charge in [-0.05, 0) is 19.1 Å². The van der Waals surface area contributed by atoms with Gasteiger partial charge in [-0.25, -0.2) is 0 Å². The highest BCUT2D eigenvalue weighted by molar-refractivity contribution is 5.97. The number of carbonyl (C=O) groups excluding carboxylic acids is 1. The number of ether oxygens (including phenoxy) is 2. The van der Waals surface area contributed by atoms with Crippen molar-refractivity contribution in [3.05, 3.63) is 28.2 Å². The van der Waals surface area contributed by atoms with Crippen molar-refractivity contribution in [2.75, 3.05) is 13.2 Å². The Morgan fingerprint density at radius 3 is 3.00 bits per heavy atom. The summed E-state index contributed by atoms with van der Waals surface area (Å²) < 4.78 is 10.8. The van der Waals surface area contributed by atoms with Crippen LogP contribution in [0, 0.1) is 11.8 Å². The topological polar surface area (TPSA) is 85.2 Å². The number of nitroso groups, excluding NO2 is 1. The molecule has 1 heterocycles. The molecule has 1 amide bonds. The van der Waals surface area contributed by atoms with Crippen LogP contribution in [0.2, 0.25) is 0 Å². The van der Waals surface area contributed by atoms with Crippen molar-refractivity contribution in [2.24, 2.45) is 5.18 Å². The molecular formula is C11H11NO5. The lowest BCUT2D eigenvalue weighted by Crippen LogP contribution is -2.32. The molecular weight excluding hydrogens is 226 g/mol. The van der Waals surface area contributed by atoms with Crippen molar-refractivity contribution in [2.45, 2.75) is 13.0 Å². The standard InChI is InChI=1S/C11H11NO5/c1-6-8(11(14)12-15)2-3-9-10(6)17-7(4-13)5-16-9/h2-3,7,13H,4-5H2,1H3/t7-/m0/s1. The highest BCUT2D eigenvalue weighted by atomic mass is 16.6. The van der Waals surface area contributed by atoms with Crippen molar-refractivity contribution >= 4 is 5.91 Å². The lowest BCUT2D eigenvalue weighted by Gasteiger charge is -2.26. The minimum atomic E-state index is -0.847. The first-order valence-electron chi connectivity index (χ1n) is 5.09. The third kappa shape index (κ3) is 1.99. The predicted octanol–water partition coefficient (Wildman–Crippen LogP) is 1.03. The van der Waals surface area contributed by atoms with Gasteiger partial charge in [-0.2, -0.15) is 0 Å². The molecule has 1 N–H and O–H groups in total. The van der Waals surface area contributed by atoms with E-state index in [1.165, 1.54) is 6.07 Å². The van der Waals surface area contributed by atoms with Gasteiger partial charge in [0, 0.05) is 10.7 Å². The molecule has 1 aliphatic heterocycles. The van der Waals surface area contributed by atoms with E-state index in [-0.39, 0.29) is 18.8 Å². The average molecular weight is 237 g/mol. The summed E-state index contributed by atoms with van der Waals surface area (Å²) in [5.74, 6) is 0.0273. The molecule has 0 spiro atoms. The quantitative estimate of drug-likeness (QED) is 0.776. The largest absolute Gasteiger partial charge is 0.486 e. The molecule has 1 atom stereocenters. The van der Waals surface area contributed by atoms with Crippen LogP contribution >= 0.6 is 0 Å². The van der Waals surface area contributed by atoms with Gasteiger partial charge in [0.15, 0.2) is 17.6 Å². The first kappa shape index (κ1) is 11.5. The molecule has 2 rings (SSSR count). The third-order valence-corrected chi connectivity index (χ3v) is 2.60. The number of rotatable bonds is 2. The summed E-state index contributed by atoms with van der Waals surface area (Å²) in [6.07, 6.45) is -0.462. The number of nitrogens with zero attached hydrogens (tertiary/aromatic N) is 1. The fourth-order valence-corrected chi connectivity index (χ4v) is 1.68. The second-order valence-electron chi connectivity index (χ2n) is 3.70. The molecule has 1 aromatic rings. The Kier molecular flexibility index (Phi) is 3.06. The van der Waals surface area contributed by atoms with Crippen molar-refractivity contribution in [1.29, 1.82) is 0 Å². The van der Waals surface area contributed by atoms with Crippen LogP contribution in [0.1, 0.15) is 15.9 Å². The minimum absolute atomic E-state index is 0.178. The van der Waals surface area contributed by atoms with Crippen molar-refractivity contribution in [3.63, 3.8) is 0 Å². The van der Waals surface area contributed by atoms with Gasteiger partial charge in [-0.3, -0.25) is 4.79 Å². The first-order valence-corrected chi connectivity index (χ1v) is 5.09. The molecule has 0 saturated heterocycles. The molecule has 6 heteroatoms. The summed E-state index contributed by atoms with van der Waals surface area (Å²) in [6.45, 7) is 1.71. The lowest BCUT2D eigenvalue weighted by atomic mass is 10.1. The maximum absolute atomic E-state index is 11.2. The van der Waals surface area contributed by atoms with Gasteiger partial charge in [0.1, 0.15) is 6.61 Å². The summed E-state index contributed by atoms with van der Waals surface area (Å²) in [6, 6.07) is 3.02. The second-order valence-corrected chi connectivity index (χ2v) is 3.70. The summed E-state index contributed by atoms with van der Waals surface area (Å²) in [7, 11) is 0. The Balaban J connectivity index is 2.43. The molecule has 0 bridgehead atoms. The smallest absolute Gasteiger partial charge is 0.317 e. The van der Waals surface area contributed by atoms with Crippen LogP contribution < -0.4 is 9.47 Å². The van der Waals surface area contributed by atoms with E-state index in [4.69, 9.17) is 14.6 Å². The molecule has 0 aromatic heterocycles. The molecule has 0 saturated carbocycles. The Bertz CT molecular complexity index is 471. The maximum atomic E-state index is 11.2. The SMILES string of the molecule is Cc1c(C(=O)N=O)ccc2c1O[C@@H](CO)CO2. The van der Waals surface area contributed by atoms with E-state index in [1.807, 2.05) is 0 Å². The van der Waals surface area contributed by atoms with E-state index >= 15 is 0 Å². The molecule has 1 aliphatic rings. The average Bonchev–Trinajstić information content (AvgIpc) is 2.38. The highest BCUT2D eigenvalue weighted by Gasteiger charge is 2.25. The third-order valence-electron chi connectivity index (χ3n) is 2.60. The Labute approximate surface area is 97.1 Å². The number of aliphatic hydroxyl groups is 1. The number of benzene rings is 1. The van der Waals surface area contributed by atoms with E-state index in [0.29, 0.717) is 17.1 Å². The first-order chi connectivity index (χ1) is 8.17. The molecule has 0 fully saturated rings. The fourth-order valence-electron chi connectivity index (χ4n) is 1.68. The van der Waals surface area contributed by atoms with Crippen LogP contribution in [0.15, 0.2) is 17.3 Å². The van der Waals surface area contributed by atoms with Crippen LogP contribution in [0.25, 0.3) is 0 Å². The molecule has 1 aromatic carbocycles. The van der Waals surface area contributed by atoms with Gasteiger partial charge < -0.3 is 14.6 Å². The van der Waals surface area contributed by atoms with Crippen LogP contribution in [-0.4, -0.2) is 30.3 Å². The Morgan fingerprint density at radius 2 is 2.35 bits per heavy atom. The number of fused-ring (bicyclic) bond motifs is 1. The minimum Gasteiger partial charge on any atom is -0.486 e. The Hall–Kier alpha value is -1.95. The van der Waals surface area contributed by atoms with E-state index in [0.717, 1.165) is 0 Å². The zero-order valence-electron chi connectivity index (χ0n) is 9.17. The summed E-state index contributed by atoms with van der Waals surface area (Å²) in [4.78, 5) is 21.5. The fraction of sp³-hybridized carbons (Fsp3) is 0.364. The summed E-state index contributed by atoms with van der Waals surface area (Å²) >= 11 is 0. The maximum Gasteiger partial charge on any atom is 0.317 e. The number of hydrogen-bond donors (Lipinski definition) is 1. The summed E-state index contributed by atoms with van der Waals surface area (Å²) in [5.41, 5.74) is 0.672. The predicted molar refractivity (Wildman–Crippen MR) is 58.3 cm³/mol. The van der Waals surface area contributed by atoms with Crippen LogP contribution in [0.5, 0.6) is 11.5 Å². The van der Waals surface area contributed by atoms with Gasteiger partial charge in [0.05, 0.1) is 12.2 Å². The summed E-state index contributed by atoms with van der Waals surface area (Å²) in [5, 5.41) is 11.4. The monoisotopic (exact) mass is 237 g/mol. The van der Waals surface area contributed by atoms with Gasteiger partial charge in [-0.15, -0.1) is 4.91 Å². The van der Waals surface area contributed by atoms with Crippen LogP contribution in [0.3, 0.4) is 0 Å². The van der Waals surface area contributed by atoms with Gasteiger partial charge in [0.25, 0.3) is 0 Å². The van der Waals surface area contributed by atoms with E-state index in [2.05, 4.69) is 5.18 Å². The Morgan fingerprint density at radius 1 is 1.59 bits per heavy atom. The van der Waals surface area contributed by atoms with Gasteiger partial charge in [-0.1, -0.05) is 0 Å². The number of amides is 1. The normalized spacial score (nSPS) is 17.6. The van der Waals surface area contributed by atoms with E-state index < -0.39 is 12.0 Å². The second kappa shape index (κ2) is 4.50. The van der Waals surface area contributed by atoms with Gasteiger partial charge >= 0.3 is 5.91 Å². The molecule has 0 unspecified atom stereocenters. The van der Waals surface area contributed by atoms with Gasteiger partial charge in [0.2, 0.25) is 0 Å². The zero-order chi connectivity index (χ0) is 12.4. The van der Waals surface area contributed by atoms with Crippen LogP contribution in [0.4, 0.5) is 0 Å². The number of aliphatic hydroxyl groups excluding tert-OH is 1. The zero-order valence-corrected chi connectivity index (χ0v) is 9.17. The molecule has 6 nitrogen and oxygen atoms in total. The van der Waals surface area contributed by atoms with Crippen molar-refractivity contribution in [3.8, 4) is 11.5 Å². The van der Waals surface area contributed by atoms with E-state index in [9.17, 15) is 9.70 Å². The van der Waals surface area contributed by atoms with Crippen molar-refractivity contribution < 1.29 is 19.4 Å². The lowest BCUT2D eigenvalue weighted by molar-refractivity contribution is 0.0448.